The van der Waals surface area contributed by atoms with Crippen molar-refractivity contribution in [1.82, 2.24) is 4.98 Å². The Morgan fingerprint density at radius 1 is 1.21 bits per heavy atom. The minimum Gasteiger partial charge on any atom is -0.464 e. The van der Waals surface area contributed by atoms with Gasteiger partial charge in [-0.05, 0) is 73.6 Å². The quantitative estimate of drug-likeness (QED) is 0.603. The molecule has 0 N–H and O–H groups in total. The molecule has 1 amide bonds. The fourth-order valence-electron chi connectivity index (χ4n) is 3.36. The van der Waals surface area contributed by atoms with Crippen molar-refractivity contribution in [3.63, 3.8) is 0 Å². The summed E-state index contributed by atoms with van der Waals surface area (Å²) in [5.41, 5.74) is 3.50. The summed E-state index contributed by atoms with van der Waals surface area (Å²) in [4.78, 5) is 20.4. The molecular formula is C22H18N4O2S. The number of carbonyl (C=O) groups excluding carboxylic acids is 1. The molecule has 4 rings (SSSR count). The molecule has 2 aromatic heterocycles. The third kappa shape index (κ3) is 3.62. The van der Waals surface area contributed by atoms with Crippen LogP contribution >= 0.6 is 12.2 Å². The molecule has 0 saturated carbocycles. The Bertz CT molecular complexity index is 1100. The Morgan fingerprint density at radius 3 is 2.66 bits per heavy atom. The van der Waals surface area contributed by atoms with Gasteiger partial charge in [-0.15, -0.1) is 0 Å². The Balaban J connectivity index is 1.66. The van der Waals surface area contributed by atoms with Crippen LogP contribution in [0.4, 0.5) is 11.4 Å². The first-order chi connectivity index (χ1) is 14.1. The van der Waals surface area contributed by atoms with Crippen LogP contribution in [0.3, 0.4) is 0 Å². The Kier molecular flexibility index (Phi) is 5.10. The number of benzene rings is 1. The molecule has 1 aliphatic rings. The lowest BCUT2D eigenvalue weighted by Crippen LogP contribution is -2.44. The fraction of sp³-hybridized carbons (Fsp3) is 0.182. The van der Waals surface area contributed by atoms with Gasteiger partial charge in [0.2, 0.25) is 5.91 Å². The Hall–Kier alpha value is -3.50. The zero-order chi connectivity index (χ0) is 20.4. The second-order valence-corrected chi connectivity index (χ2v) is 7.13. The number of rotatable bonds is 3. The number of amides is 1. The van der Waals surface area contributed by atoms with Crippen LogP contribution in [-0.4, -0.2) is 22.5 Å². The highest BCUT2D eigenvalue weighted by molar-refractivity contribution is 7.81. The van der Waals surface area contributed by atoms with Crippen molar-refractivity contribution in [3.05, 3.63) is 66.2 Å². The van der Waals surface area contributed by atoms with E-state index in [1.807, 2.05) is 47.4 Å². The molecule has 29 heavy (non-hydrogen) atoms. The predicted octanol–water partition coefficient (Wildman–Crippen LogP) is 4.44. The molecule has 0 spiro atoms. The molecule has 0 unspecified atom stereocenters. The number of aromatic nitrogens is 1. The summed E-state index contributed by atoms with van der Waals surface area (Å²) < 4.78 is 5.44. The van der Waals surface area contributed by atoms with Crippen molar-refractivity contribution < 1.29 is 9.21 Å². The molecule has 1 aromatic carbocycles. The van der Waals surface area contributed by atoms with Crippen molar-refractivity contribution in [2.24, 2.45) is 0 Å². The number of nitriles is 1. The van der Waals surface area contributed by atoms with Crippen molar-refractivity contribution >= 4 is 34.6 Å². The smallest absolute Gasteiger partial charge is 0.233 e. The molecule has 0 bridgehead atoms. The first-order valence-corrected chi connectivity index (χ1v) is 9.64. The summed E-state index contributed by atoms with van der Waals surface area (Å²) in [6.07, 6.45) is 4.25. The molecule has 7 heteroatoms. The number of pyridine rings is 1. The van der Waals surface area contributed by atoms with E-state index in [0.29, 0.717) is 41.4 Å². The zero-order valence-corrected chi connectivity index (χ0v) is 16.6. The van der Waals surface area contributed by atoms with E-state index in [1.165, 1.54) is 11.1 Å². The van der Waals surface area contributed by atoms with E-state index < -0.39 is 0 Å². The van der Waals surface area contributed by atoms with Gasteiger partial charge in [0.15, 0.2) is 5.11 Å². The number of furan rings is 1. The van der Waals surface area contributed by atoms with Gasteiger partial charge < -0.3 is 9.32 Å². The summed E-state index contributed by atoms with van der Waals surface area (Å²) in [6.45, 7) is 2.44. The lowest BCUT2D eigenvalue weighted by molar-refractivity contribution is -0.117. The molecule has 6 nitrogen and oxygen atoms in total. The number of thiocarbonyl (C=S) groups is 1. The Morgan fingerprint density at radius 2 is 2.00 bits per heavy atom. The van der Waals surface area contributed by atoms with E-state index in [4.69, 9.17) is 21.9 Å². The van der Waals surface area contributed by atoms with Crippen LogP contribution in [0, 0.1) is 18.3 Å². The zero-order valence-electron chi connectivity index (χ0n) is 15.8. The second kappa shape index (κ2) is 7.86. The van der Waals surface area contributed by atoms with Gasteiger partial charge in [0.1, 0.15) is 17.5 Å². The molecule has 1 saturated heterocycles. The minimum absolute atomic E-state index is 0.0735. The van der Waals surface area contributed by atoms with Gasteiger partial charge in [0.05, 0.1) is 18.1 Å². The maximum absolute atomic E-state index is 12.8. The third-order valence-corrected chi connectivity index (χ3v) is 5.26. The second-order valence-electron chi connectivity index (χ2n) is 6.76. The SMILES string of the molecule is Cc1cc(N2C(=O)CCCN(c3ccc(-c4ccco4)cc3)C2=S)cnc1C#N. The van der Waals surface area contributed by atoms with Gasteiger partial charge in [-0.3, -0.25) is 9.69 Å². The van der Waals surface area contributed by atoms with E-state index in [0.717, 1.165) is 17.0 Å². The van der Waals surface area contributed by atoms with E-state index in [-0.39, 0.29) is 5.91 Å². The maximum Gasteiger partial charge on any atom is 0.233 e. The van der Waals surface area contributed by atoms with Gasteiger partial charge in [0.25, 0.3) is 0 Å². The highest BCUT2D eigenvalue weighted by atomic mass is 32.1. The first-order valence-electron chi connectivity index (χ1n) is 9.23. The average molecular weight is 402 g/mol. The minimum atomic E-state index is -0.0735. The predicted molar refractivity (Wildman–Crippen MR) is 114 cm³/mol. The molecular weight excluding hydrogens is 384 g/mol. The van der Waals surface area contributed by atoms with E-state index in [2.05, 4.69) is 4.98 Å². The van der Waals surface area contributed by atoms with Crippen LogP contribution in [0.2, 0.25) is 0 Å². The summed E-state index contributed by atoms with van der Waals surface area (Å²) >= 11 is 5.71. The number of carbonyl (C=O) groups is 1. The highest BCUT2D eigenvalue weighted by Gasteiger charge is 2.29. The number of hydrogen-bond donors (Lipinski definition) is 0. The number of hydrogen-bond acceptors (Lipinski definition) is 5. The van der Waals surface area contributed by atoms with Crippen LogP contribution in [0.1, 0.15) is 24.1 Å². The maximum atomic E-state index is 12.8. The molecule has 1 fully saturated rings. The lowest BCUT2D eigenvalue weighted by atomic mass is 10.1. The van der Waals surface area contributed by atoms with Crippen molar-refractivity contribution in [3.8, 4) is 17.4 Å². The van der Waals surface area contributed by atoms with Gasteiger partial charge in [-0.1, -0.05) is 0 Å². The van der Waals surface area contributed by atoms with Crippen molar-refractivity contribution in [2.75, 3.05) is 16.3 Å². The molecule has 3 aromatic rings. The summed E-state index contributed by atoms with van der Waals surface area (Å²) in [5, 5.41) is 9.52. The molecule has 0 aliphatic carbocycles. The first kappa shape index (κ1) is 18.8. The monoisotopic (exact) mass is 402 g/mol. The molecule has 1 aliphatic heterocycles. The lowest BCUT2D eigenvalue weighted by Gasteiger charge is -2.29. The van der Waals surface area contributed by atoms with Gasteiger partial charge in [-0.25, -0.2) is 4.98 Å². The van der Waals surface area contributed by atoms with Crippen LogP contribution < -0.4 is 9.80 Å². The molecule has 144 valence electrons. The van der Waals surface area contributed by atoms with Gasteiger partial charge >= 0.3 is 0 Å². The van der Waals surface area contributed by atoms with Gasteiger partial charge in [-0.2, -0.15) is 5.26 Å². The number of anilines is 2. The molecule has 3 heterocycles. The van der Waals surface area contributed by atoms with Crippen molar-refractivity contribution in [1.29, 1.82) is 5.26 Å². The Labute approximate surface area is 174 Å². The van der Waals surface area contributed by atoms with Crippen molar-refractivity contribution in [2.45, 2.75) is 19.8 Å². The van der Waals surface area contributed by atoms with E-state index >= 15 is 0 Å². The largest absolute Gasteiger partial charge is 0.464 e. The van der Waals surface area contributed by atoms with E-state index in [1.54, 1.807) is 19.3 Å². The standard InChI is InChI=1S/C22H18N4O2S/c1-15-12-18(14-24-19(15)13-23)26-21(27)5-2-10-25(22(26)29)17-8-6-16(7-9-17)20-4-3-11-28-20/h3-4,6-9,11-12,14H,2,5,10H2,1H3. The summed E-state index contributed by atoms with van der Waals surface area (Å²) in [6, 6.07) is 15.5. The van der Waals surface area contributed by atoms with E-state index in [9.17, 15) is 4.79 Å². The number of aryl methyl sites for hydroxylation is 1. The van der Waals surface area contributed by atoms with Crippen LogP contribution in [0.5, 0.6) is 0 Å². The molecule has 0 atom stereocenters. The highest BCUT2D eigenvalue weighted by Crippen LogP contribution is 2.28. The summed E-state index contributed by atoms with van der Waals surface area (Å²) in [7, 11) is 0. The van der Waals surface area contributed by atoms with Crippen LogP contribution in [0.15, 0.2) is 59.3 Å². The third-order valence-electron chi connectivity index (χ3n) is 4.86. The average Bonchev–Trinajstić information content (AvgIpc) is 3.22. The normalized spacial score (nSPS) is 14.6. The summed E-state index contributed by atoms with van der Waals surface area (Å²) in [5.74, 6) is 0.724. The fourth-order valence-corrected chi connectivity index (χ4v) is 3.77. The molecule has 0 radical (unpaired) electrons. The topological polar surface area (TPSA) is 73.4 Å². The van der Waals surface area contributed by atoms with Gasteiger partial charge in [0, 0.05) is 24.2 Å². The number of nitrogens with zero attached hydrogens (tertiary/aromatic N) is 4. The van der Waals surface area contributed by atoms with Crippen LogP contribution in [0.25, 0.3) is 11.3 Å². The van der Waals surface area contributed by atoms with Crippen LogP contribution in [-0.2, 0) is 4.79 Å².